The molecule has 1 amide bonds. The lowest BCUT2D eigenvalue weighted by molar-refractivity contribution is 0.0778. The maximum Gasteiger partial charge on any atom is 0.274 e. The number of hydrogen-bond donors (Lipinski definition) is 0. The van der Waals surface area contributed by atoms with Crippen molar-refractivity contribution in [2.45, 2.75) is 6.42 Å². The molecule has 2 aromatic rings. The van der Waals surface area contributed by atoms with E-state index in [9.17, 15) is 9.18 Å². The lowest BCUT2D eigenvalue weighted by Crippen LogP contribution is -2.23. The molecule has 0 spiro atoms. The molecular weight excluding hydrogens is 247 g/mol. The van der Waals surface area contributed by atoms with Crippen molar-refractivity contribution in [2.75, 3.05) is 6.54 Å². The maximum atomic E-state index is 13.1. The van der Waals surface area contributed by atoms with Gasteiger partial charge in [-0.05, 0) is 24.3 Å². The van der Waals surface area contributed by atoms with Gasteiger partial charge in [0, 0.05) is 17.5 Å². The molecule has 1 aromatic carbocycles. The molecule has 4 nitrogen and oxygen atoms in total. The minimum atomic E-state index is -0.427. The van der Waals surface area contributed by atoms with Gasteiger partial charge in [-0.25, -0.2) is 9.40 Å². The third-order valence-electron chi connectivity index (χ3n) is 2.96. The molecular formula is C14H11FN2O2. The molecule has 0 unspecified atom stereocenters. The van der Waals surface area contributed by atoms with Crippen molar-refractivity contribution in [3.05, 3.63) is 59.8 Å². The first-order valence-electron chi connectivity index (χ1n) is 5.91. The molecule has 0 atom stereocenters. The van der Waals surface area contributed by atoms with E-state index < -0.39 is 5.82 Å². The first-order valence-corrected chi connectivity index (χ1v) is 5.91. The summed E-state index contributed by atoms with van der Waals surface area (Å²) < 4.78 is 18.1. The summed E-state index contributed by atoms with van der Waals surface area (Å²) in [6.45, 7) is 0.496. The summed E-state index contributed by atoms with van der Waals surface area (Å²) in [5.41, 5.74) is 1.98. The second-order valence-corrected chi connectivity index (χ2v) is 4.25. The summed E-state index contributed by atoms with van der Waals surface area (Å²) in [5.74, 6) is -0.720. The lowest BCUT2D eigenvalue weighted by atomic mass is 10.1. The van der Waals surface area contributed by atoms with Crippen molar-refractivity contribution < 1.29 is 13.6 Å². The number of carbonyl (C=O) groups excluding carboxylic acids is 1. The van der Waals surface area contributed by atoms with Crippen LogP contribution in [0.2, 0.25) is 0 Å². The highest BCUT2D eigenvalue weighted by Gasteiger charge is 2.23. The molecule has 1 aliphatic heterocycles. The van der Waals surface area contributed by atoms with Crippen LogP contribution in [0.15, 0.2) is 52.4 Å². The zero-order valence-corrected chi connectivity index (χ0v) is 10.0. The Kier molecular flexibility index (Phi) is 2.87. The molecule has 1 aromatic heterocycles. The summed E-state index contributed by atoms with van der Waals surface area (Å²) in [5, 5.41) is 5.61. The van der Waals surface area contributed by atoms with Gasteiger partial charge in [0.1, 0.15) is 5.82 Å². The van der Waals surface area contributed by atoms with Crippen LogP contribution in [-0.2, 0) is 0 Å². The van der Waals surface area contributed by atoms with Gasteiger partial charge in [0.25, 0.3) is 5.91 Å². The highest BCUT2D eigenvalue weighted by Crippen LogP contribution is 2.17. The summed E-state index contributed by atoms with van der Waals surface area (Å²) >= 11 is 0. The molecule has 0 bridgehead atoms. The van der Waals surface area contributed by atoms with E-state index in [-0.39, 0.29) is 5.91 Å². The number of furan rings is 1. The monoisotopic (exact) mass is 258 g/mol. The van der Waals surface area contributed by atoms with Crippen LogP contribution < -0.4 is 0 Å². The summed E-state index contributed by atoms with van der Waals surface area (Å²) in [4.78, 5) is 12.1. The number of nitrogens with zero attached hydrogens (tertiary/aromatic N) is 2. The van der Waals surface area contributed by atoms with Crippen LogP contribution in [0.1, 0.15) is 22.3 Å². The quantitative estimate of drug-likeness (QED) is 0.831. The first-order chi connectivity index (χ1) is 9.24. The van der Waals surface area contributed by atoms with Gasteiger partial charge in [0.05, 0.1) is 24.8 Å². The van der Waals surface area contributed by atoms with Crippen LogP contribution in [0, 0.1) is 5.82 Å². The topological polar surface area (TPSA) is 45.8 Å². The Morgan fingerprint density at radius 2 is 2.26 bits per heavy atom. The number of amides is 1. The zero-order chi connectivity index (χ0) is 13.2. The van der Waals surface area contributed by atoms with E-state index in [2.05, 4.69) is 5.10 Å². The Labute approximate surface area is 109 Å². The van der Waals surface area contributed by atoms with Crippen molar-refractivity contribution in [3.63, 3.8) is 0 Å². The number of benzene rings is 1. The van der Waals surface area contributed by atoms with E-state index in [4.69, 9.17) is 4.42 Å². The SMILES string of the molecule is O=C(c1cccc(F)c1)N1CCC(c2ccoc2)=N1. The van der Waals surface area contributed by atoms with Crippen LogP contribution in [0.5, 0.6) is 0 Å². The van der Waals surface area contributed by atoms with Gasteiger partial charge >= 0.3 is 0 Å². The third kappa shape index (κ3) is 2.27. The Morgan fingerprint density at radius 1 is 1.37 bits per heavy atom. The van der Waals surface area contributed by atoms with E-state index >= 15 is 0 Å². The summed E-state index contributed by atoms with van der Waals surface area (Å²) in [6, 6.07) is 7.42. The minimum Gasteiger partial charge on any atom is -0.472 e. The third-order valence-corrected chi connectivity index (χ3v) is 2.96. The molecule has 5 heteroatoms. The second-order valence-electron chi connectivity index (χ2n) is 4.25. The molecule has 3 rings (SSSR count). The van der Waals surface area contributed by atoms with Crippen molar-refractivity contribution in [1.29, 1.82) is 0 Å². The molecule has 0 fully saturated rings. The van der Waals surface area contributed by atoms with Crippen LogP contribution in [-0.4, -0.2) is 23.2 Å². The molecule has 19 heavy (non-hydrogen) atoms. The van der Waals surface area contributed by atoms with Crippen LogP contribution in [0.4, 0.5) is 4.39 Å². The van der Waals surface area contributed by atoms with Crippen molar-refractivity contribution in [3.8, 4) is 0 Å². The van der Waals surface area contributed by atoms with Gasteiger partial charge < -0.3 is 4.42 Å². The predicted molar refractivity (Wildman–Crippen MR) is 67.3 cm³/mol. The normalized spacial score (nSPS) is 14.6. The number of hydrazone groups is 1. The van der Waals surface area contributed by atoms with Crippen molar-refractivity contribution >= 4 is 11.6 Å². The molecule has 1 aliphatic rings. The largest absolute Gasteiger partial charge is 0.472 e. The Morgan fingerprint density at radius 3 is 3.00 bits per heavy atom. The molecule has 0 N–H and O–H groups in total. The highest BCUT2D eigenvalue weighted by atomic mass is 19.1. The second kappa shape index (κ2) is 4.68. The summed E-state index contributed by atoms with van der Waals surface area (Å²) in [6.07, 6.45) is 3.82. The highest BCUT2D eigenvalue weighted by molar-refractivity contribution is 6.04. The van der Waals surface area contributed by atoms with Crippen LogP contribution >= 0.6 is 0 Å². The van der Waals surface area contributed by atoms with E-state index in [0.717, 1.165) is 11.3 Å². The zero-order valence-electron chi connectivity index (χ0n) is 10.0. The molecule has 0 saturated heterocycles. The molecule has 0 radical (unpaired) electrons. The fraction of sp³-hybridized carbons (Fsp3) is 0.143. The summed E-state index contributed by atoms with van der Waals surface area (Å²) in [7, 11) is 0. The minimum absolute atomic E-state index is 0.294. The number of hydrogen-bond acceptors (Lipinski definition) is 3. The van der Waals surface area contributed by atoms with Gasteiger partial charge in [-0.3, -0.25) is 4.79 Å². The molecule has 0 aliphatic carbocycles. The van der Waals surface area contributed by atoms with Gasteiger partial charge in [-0.15, -0.1) is 0 Å². The lowest BCUT2D eigenvalue weighted by Gasteiger charge is -2.11. The molecule has 0 saturated carbocycles. The Hall–Kier alpha value is -2.43. The number of rotatable bonds is 2. The van der Waals surface area contributed by atoms with E-state index in [0.29, 0.717) is 18.5 Å². The smallest absolute Gasteiger partial charge is 0.274 e. The maximum absolute atomic E-state index is 13.1. The van der Waals surface area contributed by atoms with Gasteiger partial charge in [0.15, 0.2) is 0 Å². The first kappa shape index (κ1) is 11.6. The molecule has 96 valence electrons. The van der Waals surface area contributed by atoms with Crippen molar-refractivity contribution in [2.24, 2.45) is 5.10 Å². The van der Waals surface area contributed by atoms with E-state index in [1.165, 1.54) is 23.2 Å². The fourth-order valence-electron chi connectivity index (χ4n) is 2.01. The van der Waals surface area contributed by atoms with Crippen molar-refractivity contribution in [1.82, 2.24) is 5.01 Å². The standard InChI is InChI=1S/C14H11FN2O2/c15-12-3-1-2-10(8-12)14(18)17-6-4-13(16-17)11-5-7-19-9-11/h1-3,5,7-9H,4,6H2. The Bertz CT molecular complexity index is 635. The van der Waals surface area contributed by atoms with Gasteiger partial charge in [-0.1, -0.05) is 6.07 Å². The van der Waals surface area contributed by atoms with Crippen LogP contribution in [0.3, 0.4) is 0 Å². The van der Waals surface area contributed by atoms with Gasteiger partial charge in [0.2, 0.25) is 0 Å². The average Bonchev–Trinajstić information content (AvgIpc) is 3.08. The average molecular weight is 258 g/mol. The number of carbonyl (C=O) groups is 1. The van der Waals surface area contributed by atoms with E-state index in [1.54, 1.807) is 24.7 Å². The fourth-order valence-corrected chi connectivity index (χ4v) is 2.01. The predicted octanol–water partition coefficient (Wildman–Crippen LogP) is 2.67. The van der Waals surface area contributed by atoms with Crippen LogP contribution in [0.25, 0.3) is 0 Å². The number of halogens is 1. The van der Waals surface area contributed by atoms with Gasteiger partial charge in [-0.2, -0.15) is 5.10 Å². The van der Waals surface area contributed by atoms with E-state index in [1.807, 2.05) is 0 Å². The molecule has 2 heterocycles. The Balaban J connectivity index is 1.83.